The summed E-state index contributed by atoms with van der Waals surface area (Å²) < 4.78 is 5.27. The van der Waals surface area contributed by atoms with Gasteiger partial charge in [-0.05, 0) is 39.5 Å². The summed E-state index contributed by atoms with van der Waals surface area (Å²) in [5, 5.41) is 9.31. The van der Waals surface area contributed by atoms with Crippen LogP contribution in [-0.4, -0.2) is 40.3 Å². The molecule has 0 aliphatic carbocycles. The van der Waals surface area contributed by atoms with Crippen molar-refractivity contribution in [3.63, 3.8) is 0 Å². The van der Waals surface area contributed by atoms with Crippen LogP contribution in [0.3, 0.4) is 0 Å². The number of hydrogen-bond donors (Lipinski definition) is 1. The molecule has 1 N–H and O–H groups in total. The predicted octanol–water partition coefficient (Wildman–Crippen LogP) is 2.50. The number of carbonyl (C=O) groups excluding carboxylic acids is 1. The number of nitrogens with zero attached hydrogens (tertiary/aromatic N) is 1. The van der Waals surface area contributed by atoms with Gasteiger partial charge >= 0.3 is 12.1 Å². The second-order valence-electron chi connectivity index (χ2n) is 5.77. The summed E-state index contributed by atoms with van der Waals surface area (Å²) in [4.78, 5) is 24.8. The van der Waals surface area contributed by atoms with Gasteiger partial charge < -0.3 is 9.84 Å². The van der Waals surface area contributed by atoms with E-state index in [1.165, 1.54) is 4.90 Å². The molecule has 1 fully saturated rings. The standard InChI is InChI=1S/C13H23NO4/c1-5-9-7-6-8-14(10(9)11(15)16)12(17)18-13(2,3)4/h9-10H,5-8H2,1-4H3,(H,15,16)/t9-,10-/m1/s1. The highest BCUT2D eigenvalue weighted by molar-refractivity contribution is 5.80. The number of carbonyl (C=O) groups is 2. The Hall–Kier alpha value is -1.26. The Labute approximate surface area is 108 Å². The summed E-state index contributed by atoms with van der Waals surface area (Å²) in [6.45, 7) is 7.76. The van der Waals surface area contributed by atoms with Crippen LogP contribution < -0.4 is 0 Å². The van der Waals surface area contributed by atoms with Crippen LogP contribution in [-0.2, 0) is 9.53 Å². The molecule has 1 aliphatic rings. The molecule has 0 aromatic heterocycles. The van der Waals surface area contributed by atoms with Crippen LogP contribution in [0.2, 0.25) is 0 Å². The lowest BCUT2D eigenvalue weighted by Gasteiger charge is -2.38. The maximum Gasteiger partial charge on any atom is 0.411 e. The van der Waals surface area contributed by atoms with Gasteiger partial charge in [-0.3, -0.25) is 4.90 Å². The highest BCUT2D eigenvalue weighted by Crippen LogP contribution is 2.28. The van der Waals surface area contributed by atoms with E-state index in [0.717, 1.165) is 19.3 Å². The summed E-state index contributed by atoms with van der Waals surface area (Å²) in [6, 6.07) is -0.751. The lowest BCUT2D eigenvalue weighted by atomic mass is 9.87. The van der Waals surface area contributed by atoms with Crippen LogP contribution in [0.1, 0.15) is 47.0 Å². The molecule has 0 bridgehead atoms. The monoisotopic (exact) mass is 257 g/mol. The molecular formula is C13H23NO4. The first-order valence-corrected chi connectivity index (χ1v) is 6.48. The SMILES string of the molecule is CC[C@@H]1CCCN(C(=O)OC(C)(C)C)[C@H]1C(=O)O. The Morgan fingerprint density at radius 1 is 1.39 bits per heavy atom. The van der Waals surface area contributed by atoms with Crippen molar-refractivity contribution in [1.29, 1.82) is 0 Å². The van der Waals surface area contributed by atoms with Gasteiger partial charge in [0, 0.05) is 6.54 Å². The average molecular weight is 257 g/mol. The molecule has 0 radical (unpaired) electrons. The third kappa shape index (κ3) is 3.62. The third-order valence-electron chi connectivity index (χ3n) is 3.16. The minimum Gasteiger partial charge on any atom is -0.480 e. The van der Waals surface area contributed by atoms with E-state index in [9.17, 15) is 14.7 Å². The number of hydrogen-bond acceptors (Lipinski definition) is 3. The summed E-state index contributed by atoms with van der Waals surface area (Å²) in [7, 11) is 0. The fraction of sp³-hybridized carbons (Fsp3) is 0.846. The number of carboxylic acids is 1. The van der Waals surface area contributed by atoms with Gasteiger partial charge in [0.2, 0.25) is 0 Å². The normalized spacial score (nSPS) is 24.8. The molecule has 1 aliphatic heterocycles. The van der Waals surface area contributed by atoms with Crippen molar-refractivity contribution < 1.29 is 19.4 Å². The van der Waals surface area contributed by atoms with Crippen LogP contribution in [0.4, 0.5) is 4.79 Å². The lowest BCUT2D eigenvalue weighted by molar-refractivity contribution is -0.147. The largest absolute Gasteiger partial charge is 0.480 e. The van der Waals surface area contributed by atoms with Gasteiger partial charge in [-0.1, -0.05) is 13.3 Å². The molecule has 1 saturated heterocycles. The van der Waals surface area contributed by atoms with E-state index in [1.54, 1.807) is 20.8 Å². The summed E-state index contributed by atoms with van der Waals surface area (Å²) in [6.07, 6.45) is 1.93. The number of ether oxygens (including phenoxy) is 1. The van der Waals surface area contributed by atoms with Crippen molar-refractivity contribution >= 4 is 12.1 Å². The van der Waals surface area contributed by atoms with E-state index in [4.69, 9.17) is 4.74 Å². The Balaban J connectivity index is 2.83. The van der Waals surface area contributed by atoms with E-state index >= 15 is 0 Å². The molecule has 1 amide bonds. The quantitative estimate of drug-likeness (QED) is 0.825. The fourth-order valence-corrected chi connectivity index (χ4v) is 2.36. The van der Waals surface area contributed by atoms with Crippen molar-refractivity contribution in [2.75, 3.05) is 6.54 Å². The summed E-state index contributed by atoms with van der Waals surface area (Å²) in [5.74, 6) is -0.920. The minimum atomic E-state index is -0.938. The van der Waals surface area contributed by atoms with E-state index in [1.807, 2.05) is 6.92 Å². The van der Waals surface area contributed by atoms with Gasteiger partial charge in [0.25, 0.3) is 0 Å². The number of piperidine rings is 1. The second-order valence-corrected chi connectivity index (χ2v) is 5.77. The van der Waals surface area contributed by atoms with E-state index in [-0.39, 0.29) is 5.92 Å². The van der Waals surface area contributed by atoms with Crippen molar-refractivity contribution in [2.45, 2.75) is 58.6 Å². The molecular weight excluding hydrogens is 234 g/mol. The molecule has 104 valence electrons. The Morgan fingerprint density at radius 2 is 2.00 bits per heavy atom. The molecule has 0 spiro atoms. The molecule has 5 nitrogen and oxygen atoms in total. The molecule has 1 heterocycles. The van der Waals surface area contributed by atoms with Crippen LogP contribution in [0, 0.1) is 5.92 Å². The van der Waals surface area contributed by atoms with E-state index < -0.39 is 23.7 Å². The molecule has 0 unspecified atom stereocenters. The van der Waals surface area contributed by atoms with Crippen LogP contribution in [0.15, 0.2) is 0 Å². The Morgan fingerprint density at radius 3 is 2.44 bits per heavy atom. The molecule has 1 rings (SSSR count). The molecule has 18 heavy (non-hydrogen) atoms. The van der Waals surface area contributed by atoms with Gasteiger partial charge in [0.05, 0.1) is 0 Å². The van der Waals surface area contributed by atoms with Crippen molar-refractivity contribution in [3.05, 3.63) is 0 Å². The van der Waals surface area contributed by atoms with Crippen molar-refractivity contribution in [3.8, 4) is 0 Å². The van der Waals surface area contributed by atoms with E-state index in [2.05, 4.69) is 0 Å². The zero-order valence-electron chi connectivity index (χ0n) is 11.6. The maximum atomic E-state index is 12.0. The molecule has 0 aromatic carbocycles. The molecule has 5 heteroatoms. The summed E-state index contributed by atoms with van der Waals surface area (Å²) >= 11 is 0. The van der Waals surface area contributed by atoms with E-state index in [0.29, 0.717) is 6.54 Å². The third-order valence-corrected chi connectivity index (χ3v) is 3.16. The Bertz CT molecular complexity index is 321. The van der Waals surface area contributed by atoms with Gasteiger partial charge in [-0.2, -0.15) is 0 Å². The first-order valence-electron chi connectivity index (χ1n) is 6.48. The first-order chi connectivity index (χ1) is 8.26. The number of carboxylic acid groups (broad SMARTS) is 1. The maximum absolute atomic E-state index is 12.0. The Kier molecular flexibility index (Phi) is 4.59. The fourth-order valence-electron chi connectivity index (χ4n) is 2.36. The van der Waals surface area contributed by atoms with Gasteiger partial charge in [-0.15, -0.1) is 0 Å². The number of aliphatic carboxylic acids is 1. The van der Waals surface area contributed by atoms with Gasteiger partial charge in [0.1, 0.15) is 11.6 Å². The smallest absolute Gasteiger partial charge is 0.411 e. The predicted molar refractivity (Wildman–Crippen MR) is 67.4 cm³/mol. The van der Waals surface area contributed by atoms with Crippen molar-refractivity contribution in [1.82, 2.24) is 4.90 Å². The number of rotatable bonds is 2. The highest BCUT2D eigenvalue weighted by Gasteiger charge is 2.40. The van der Waals surface area contributed by atoms with Crippen molar-refractivity contribution in [2.24, 2.45) is 5.92 Å². The summed E-state index contributed by atoms with van der Waals surface area (Å²) in [5.41, 5.74) is -0.598. The van der Waals surface area contributed by atoms with Crippen LogP contribution >= 0.6 is 0 Å². The second kappa shape index (κ2) is 5.59. The topological polar surface area (TPSA) is 66.8 Å². The number of likely N-dealkylation sites (tertiary alicyclic amines) is 1. The van der Waals surface area contributed by atoms with Gasteiger partial charge in [-0.25, -0.2) is 9.59 Å². The average Bonchev–Trinajstić information content (AvgIpc) is 2.25. The molecule has 2 atom stereocenters. The number of amides is 1. The minimum absolute atomic E-state index is 0.0174. The first kappa shape index (κ1) is 14.8. The lowest BCUT2D eigenvalue weighted by Crippen LogP contribution is -2.53. The van der Waals surface area contributed by atoms with Gasteiger partial charge in [0.15, 0.2) is 0 Å². The van der Waals surface area contributed by atoms with Crippen LogP contribution in [0.5, 0.6) is 0 Å². The molecule has 0 saturated carbocycles. The zero-order valence-corrected chi connectivity index (χ0v) is 11.6. The highest BCUT2D eigenvalue weighted by atomic mass is 16.6. The zero-order chi connectivity index (χ0) is 13.9. The van der Waals surface area contributed by atoms with Crippen LogP contribution in [0.25, 0.3) is 0 Å². The molecule has 0 aromatic rings.